The van der Waals surface area contributed by atoms with Crippen LogP contribution in [0, 0.1) is 0 Å². The first kappa shape index (κ1) is 35.7. The number of aromatic amines is 1. The highest BCUT2D eigenvalue weighted by Crippen LogP contribution is 2.43. The molecule has 0 bridgehead atoms. The van der Waals surface area contributed by atoms with E-state index < -0.39 is 11.8 Å². The number of H-pyrrole nitrogens is 1. The van der Waals surface area contributed by atoms with Gasteiger partial charge in [-0.05, 0) is 79.1 Å². The summed E-state index contributed by atoms with van der Waals surface area (Å²) in [6.07, 6.45) is 0. The molecular weight excluding hydrogens is 759 g/mol. The molecule has 53 heavy (non-hydrogen) atoms. The number of amides is 2. The second kappa shape index (κ2) is 15.1. The van der Waals surface area contributed by atoms with Gasteiger partial charge >= 0.3 is 0 Å². The monoisotopic (exact) mass is 786 g/mol. The number of hydrogen-bond acceptors (Lipinski definition) is 12. The number of fused-ring (bicyclic) bond motifs is 2. The summed E-state index contributed by atoms with van der Waals surface area (Å²) in [4.78, 5) is 28.4. The molecule has 14 nitrogen and oxygen atoms in total. The molecule has 0 spiro atoms. The lowest BCUT2D eigenvalue weighted by Gasteiger charge is -2.12. The first-order valence-electron chi connectivity index (χ1n) is 15.9. The molecule has 0 atom stereocenters. The number of phenols is 1. The molecule has 0 saturated heterocycles. The highest BCUT2D eigenvalue weighted by molar-refractivity contribution is 7.99. The number of azo groups is 1. The van der Waals surface area contributed by atoms with Gasteiger partial charge in [0.1, 0.15) is 4.90 Å². The summed E-state index contributed by atoms with van der Waals surface area (Å²) >= 11 is 15.1. The van der Waals surface area contributed by atoms with Gasteiger partial charge in [-0.3, -0.25) is 9.59 Å². The van der Waals surface area contributed by atoms with E-state index in [-0.39, 0.29) is 17.1 Å². The Bertz CT molecular complexity index is 2510. The molecule has 7 aromatic rings. The first-order chi connectivity index (χ1) is 25.5. The number of aromatic hydroxyl groups is 1. The third-order valence-electron chi connectivity index (χ3n) is 7.45. The van der Waals surface area contributed by atoms with Crippen molar-refractivity contribution in [2.75, 3.05) is 22.6 Å². The second-order valence-electron chi connectivity index (χ2n) is 11.4. The van der Waals surface area contributed by atoms with E-state index in [1.165, 1.54) is 53.9 Å². The summed E-state index contributed by atoms with van der Waals surface area (Å²) in [5, 5.41) is 39.3. The second-order valence-corrected chi connectivity index (χ2v) is 14.1. The molecule has 0 saturated carbocycles. The number of benzene rings is 4. The van der Waals surface area contributed by atoms with Crippen LogP contribution in [0.4, 0.5) is 33.4 Å². The number of carbonyl (C=O) groups excluding carboxylic acids is 2. The zero-order valence-electron chi connectivity index (χ0n) is 28.1. The molecule has 5 N–H and O–H groups in total. The van der Waals surface area contributed by atoms with Crippen molar-refractivity contribution in [2.45, 2.75) is 30.6 Å². The summed E-state index contributed by atoms with van der Waals surface area (Å²) in [7, 11) is 0. The number of hydrogen-bond donors (Lipinski definition) is 5. The van der Waals surface area contributed by atoms with Crippen LogP contribution in [-0.2, 0) is 9.59 Å². The van der Waals surface area contributed by atoms with Crippen LogP contribution in [0.5, 0.6) is 11.6 Å². The average Bonchev–Trinajstić information content (AvgIpc) is 3.79. The number of anilines is 4. The maximum absolute atomic E-state index is 11.7. The van der Waals surface area contributed by atoms with Crippen LogP contribution >= 0.6 is 46.5 Å². The summed E-state index contributed by atoms with van der Waals surface area (Å²) in [6, 6.07) is 21.7. The van der Waals surface area contributed by atoms with E-state index in [9.17, 15) is 14.7 Å². The van der Waals surface area contributed by atoms with Gasteiger partial charge in [-0.2, -0.15) is 4.37 Å². The number of para-hydroxylation sites is 1. The Morgan fingerprint density at radius 1 is 0.943 bits per heavy atom. The molecule has 3 heterocycles. The Hall–Kier alpha value is -5.68. The number of carbonyl (C=O) groups is 2. The SMILES string of the molecule is CCOc1nn2nc(-c3cc(Cl)cc(Cl)c3)[nH]c2c1Sc1ccccc1Nc1ccc2c(N=Nc3cc(NC(C)=O)c(O)c(NC(C)=O)c3)snc2c1. The van der Waals surface area contributed by atoms with Crippen molar-refractivity contribution in [3.8, 4) is 23.0 Å². The van der Waals surface area contributed by atoms with E-state index in [0.717, 1.165) is 32.1 Å². The average molecular weight is 788 g/mol. The highest BCUT2D eigenvalue weighted by Gasteiger charge is 2.21. The maximum Gasteiger partial charge on any atom is 0.251 e. The Labute approximate surface area is 319 Å². The van der Waals surface area contributed by atoms with Gasteiger partial charge in [-0.25, -0.2) is 0 Å². The fourth-order valence-corrected chi connectivity index (χ4v) is 7.50. The van der Waals surface area contributed by atoms with Crippen LogP contribution < -0.4 is 20.7 Å². The van der Waals surface area contributed by atoms with Crippen LogP contribution in [0.1, 0.15) is 20.8 Å². The van der Waals surface area contributed by atoms with Gasteiger partial charge in [-0.1, -0.05) is 47.1 Å². The lowest BCUT2D eigenvalue weighted by Crippen LogP contribution is -2.09. The minimum absolute atomic E-state index is 0.0881. The van der Waals surface area contributed by atoms with Crippen molar-refractivity contribution in [2.24, 2.45) is 10.2 Å². The molecule has 0 unspecified atom stereocenters. The lowest BCUT2D eigenvalue weighted by molar-refractivity contribution is -0.115. The summed E-state index contributed by atoms with van der Waals surface area (Å²) in [5.41, 5.74) is 4.18. The van der Waals surface area contributed by atoms with E-state index in [2.05, 4.69) is 45.7 Å². The topological polar surface area (TPSA) is 183 Å². The summed E-state index contributed by atoms with van der Waals surface area (Å²) in [5.74, 6) is -0.0945. The number of rotatable bonds is 11. The zero-order chi connectivity index (χ0) is 37.2. The zero-order valence-corrected chi connectivity index (χ0v) is 31.2. The van der Waals surface area contributed by atoms with E-state index in [1.807, 2.05) is 49.4 Å². The van der Waals surface area contributed by atoms with Gasteiger partial charge in [-0.15, -0.1) is 25.1 Å². The molecule has 0 fully saturated rings. The fraction of sp³-hybridized carbons (Fsp3) is 0.114. The van der Waals surface area contributed by atoms with E-state index in [1.54, 1.807) is 18.2 Å². The number of nitrogens with zero attached hydrogens (tertiary/aromatic N) is 6. The number of halogens is 2. The molecule has 0 aliphatic carbocycles. The lowest BCUT2D eigenvalue weighted by atomic mass is 10.2. The predicted octanol–water partition coefficient (Wildman–Crippen LogP) is 9.97. The van der Waals surface area contributed by atoms with Crippen molar-refractivity contribution in [1.82, 2.24) is 24.2 Å². The Balaban J connectivity index is 1.15. The number of ether oxygens (including phenoxy) is 1. The van der Waals surface area contributed by atoms with Gasteiger partial charge in [0, 0.05) is 45.4 Å². The van der Waals surface area contributed by atoms with Crippen LogP contribution in [0.2, 0.25) is 10.0 Å². The number of nitrogens with one attached hydrogen (secondary N) is 4. The minimum Gasteiger partial charge on any atom is -0.504 e. The van der Waals surface area contributed by atoms with Crippen LogP contribution in [0.15, 0.2) is 92.8 Å². The van der Waals surface area contributed by atoms with Gasteiger partial charge in [0.15, 0.2) is 22.2 Å². The smallest absolute Gasteiger partial charge is 0.251 e. The van der Waals surface area contributed by atoms with E-state index in [4.69, 9.17) is 27.9 Å². The van der Waals surface area contributed by atoms with Gasteiger partial charge in [0.25, 0.3) is 5.88 Å². The van der Waals surface area contributed by atoms with Crippen LogP contribution in [-0.4, -0.2) is 47.7 Å². The standard InChI is InChI=1S/C35H28Cl2N10O4S2/c1-4-51-34-31(33-41-32(44-47(33)45-34)19-11-20(36)13-21(37)12-19)52-29-8-6-5-7-25(29)40-22-9-10-24-26(14-22)46-53-35(24)43-42-23-15-27(38-17(2)48)30(50)28(16-23)39-18(3)49/h5-16,40,50H,4H2,1-3H3,(H,38,48)(H,39,49)(H,41,44). The minimum atomic E-state index is -0.399. The normalized spacial score (nSPS) is 11.4. The van der Waals surface area contributed by atoms with Gasteiger partial charge in [0.05, 0.1) is 34.9 Å². The predicted molar refractivity (Wildman–Crippen MR) is 208 cm³/mol. The van der Waals surface area contributed by atoms with Gasteiger partial charge in [0.2, 0.25) is 11.8 Å². The third kappa shape index (κ3) is 7.90. The molecule has 7 rings (SSSR count). The van der Waals surface area contributed by atoms with Crippen molar-refractivity contribution >= 4 is 108 Å². The van der Waals surface area contributed by atoms with Gasteiger partial charge < -0.3 is 30.8 Å². The molecule has 268 valence electrons. The number of phenolic OH excluding ortho intramolecular Hbond substituents is 1. The van der Waals surface area contributed by atoms with Crippen molar-refractivity contribution in [3.05, 3.63) is 82.8 Å². The maximum atomic E-state index is 11.7. The summed E-state index contributed by atoms with van der Waals surface area (Å²) < 4.78 is 12.0. The fourth-order valence-electron chi connectivity index (χ4n) is 5.28. The Kier molecular flexibility index (Phi) is 10.2. The molecule has 3 aromatic heterocycles. The first-order valence-corrected chi connectivity index (χ1v) is 18.2. The van der Waals surface area contributed by atoms with Crippen molar-refractivity contribution in [1.29, 1.82) is 0 Å². The quantitative estimate of drug-likeness (QED) is 0.0629. The number of aromatic nitrogens is 5. The van der Waals surface area contributed by atoms with Crippen LogP contribution in [0.25, 0.3) is 27.9 Å². The van der Waals surface area contributed by atoms with Crippen molar-refractivity contribution < 1.29 is 19.4 Å². The Morgan fingerprint density at radius 2 is 1.66 bits per heavy atom. The Morgan fingerprint density at radius 3 is 2.36 bits per heavy atom. The molecule has 0 aliphatic rings. The molecular formula is C35H28Cl2N10O4S2. The molecule has 2 amide bonds. The highest BCUT2D eigenvalue weighted by atomic mass is 35.5. The van der Waals surface area contributed by atoms with Crippen molar-refractivity contribution in [3.63, 3.8) is 0 Å². The van der Waals surface area contributed by atoms with E-state index >= 15 is 0 Å². The molecule has 0 aliphatic heterocycles. The molecule has 18 heteroatoms. The molecule has 0 radical (unpaired) electrons. The molecule has 4 aromatic carbocycles. The third-order valence-corrected chi connectivity index (χ3v) is 9.80. The summed E-state index contributed by atoms with van der Waals surface area (Å²) in [6.45, 7) is 4.93. The largest absolute Gasteiger partial charge is 0.504 e. The van der Waals surface area contributed by atoms with Crippen LogP contribution in [0.3, 0.4) is 0 Å². The van der Waals surface area contributed by atoms with E-state index in [0.29, 0.717) is 50.2 Å².